The maximum Gasteiger partial charge on any atom is 0.230 e. The average Bonchev–Trinajstić information content (AvgIpc) is 2.91. The Kier molecular flexibility index (Phi) is 4.02. The standard InChI is InChI=1S/C15H27N3O2/c16-14(5-2-1-3-6-14)9-18-13(19)15-10-17-8-12(15)4-7-20-11-15/h12,17H,1-11,16H2,(H,18,19)/t12-,15+/m1/s1. The molecule has 4 N–H and O–H groups in total. The van der Waals surface area contributed by atoms with Gasteiger partial charge in [0, 0.05) is 25.2 Å². The van der Waals surface area contributed by atoms with Gasteiger partial charge in [-0.2, -0.15) is 0 Å². The second kappa shape index (κ2) is 5.62. The fourth-order valence-electron chi connectivity index (χ4n) is 4.03. The van der Waals surface area contributed by atoms with E-state index in [1.807, 2.05) is 0 Å². The summed E-state index contributed by atoms with van der Waals surface area (Å²) < 4.78 is 5.59. The molecule has 0 bridgehead atoms. The van der Waals surface area contributed by atoms with Crippen LogP contribution in [0.2, 0.25) is 0 Å². The predicted molar refractivity (Wildman–Crippen MR) is 77.2 cm³/mol. The lowest BCUT2D eigenvalue weighted by molar-refractivity contribution is -0.141. The zero-order valence-corrected chi connectivity index (χ0v) is 12.2. The highest BCUT2D eigenvalue weighted by Crippen LogP contribution is 2.38. The minimum atomic E-state index is -0.358. The van der Waals surface area contributed by atoms with Gasteiger partial charge in [-0.3, -0.25) is 4.79 Å². The van der Waals surface area contributed by atoms with E-state index in [1.54, 1.807) is 0 Å². The van der Waals surface area contributed by atoms with Gasteiger partial charge in [-0.25, -0.2) is 0 Å². The number of nitrogens with one attached hydrogen (secondary N) is 2. The topological polar surface area (TPSA) is 76.4 Å². The van der Waals surface area contributed by atoms with Gasteiger partial charge in [-0.15, -0.1) is 0 Å². The van der Waals surface area contributed by atoms with Crippen molar-refractivity contribution in [2.45, 2.75) is 44.1 Å². The van der Waals surface area contributed by atoms with Gasteiger partial charge >= 0.3 is 0 Å². The summed E-state index contributed by atoms with van der Waals surface area (Å²) in [6.07, 6.45) is 6.68. The summed E-state index contributed by atoms with van der Waals surface area (Å²) in [5, 5.41) is 6.50. The molecule has 5 heteroatoms. The van der Waals surface area contributed by atoms with Crippen LogP contribution in [0.15, 0.2) is 0 Å². The molecule has 5 nitrogen and oxygen atoms in total. The van der Waals surface area contributed by atoms with Crippen molar-refractivity contribution in [3.05, 3.63) is 0 Å². The van der Waals surface area contributed by atoms with E-state index >= 15 is 0 Å². The van der Waals surface area contributed by atoms with Gasteiger partial charge in [0.05, 0.1) is 12.0 Å². The van der Waals surface area contributed by atoms with Gasteiger partial charge in [0.25, 0.3) is 0 Å². The second-order valence-electron chi connectivity index (χ2n) is 6.93. The lowest BCUT2D eigenvalue weighted by Gasteiger charge is -2.39. The van der Waals surface area contributed by atoms with E-state index in [-0.39, 0.29) is 16.9 Å². The van der Waals surface area contributed by atoms with E-state index < -0.39 is 0 Å². The summed E-state index contributed by atoms with van der Waals surface area (Å²) in [7, 11) is 0. The van der Waals surface area contributed by atoms with Crippen molar-refractivity contribution in [1.29, 1.82) is 0 Å². The Bertz CT molecular complexity index is 368. The highest BCUT2D eigenvalue weighted by Gasteiger charge is 2.51. The van der Waals surface area contributed by atoms with E-state index in [9.17, 15) is 4.79 Å². The molecule has 2 atom stereocenters. The Morgan fingerprint density at radius 1 is 1.35 bits per heavy atom. The molecule has 20 heavy (non-hydrogen) atoms. The second-order valence-corrected chi connectivity index (χ2v) is 6.93. The number of hydrogen-bond acceptors (Lipinski definition) is 4. The average molecular weight is 281 g/mol. The molecule has 0 aromatic rings. The summed E-state index contributed by atoms with van der Waals surface area (Å²) in [6, 6.07) is 0. The number of carbonyl (C=O) groups excluding carboxylic acids is 1. The number of carbonyl (C=O) groups is 1. The van der Waals surface area contributed by atoms with E-state index in [0.29, 0.717) is 19.1 Å². The zero-order valence-electron chi connectivity index (χ0n) is 12.2. The summed E-state index contributed by atoms with van der Waals surface area (Å²) in [6.45, 7) is 3.61. The minimum Gasteiger partial charge on any atom is -0.380 e. The van der Waals surface area contributed by atoms with Crippen LogP contribution >= 0.6 is 0 Å². The first kappa shape index (κ1) is 14.3. The Morgan fingerprint density at radius 2 is 2.15 bits per heavy atom. The number of rotatable bonds is 3. The third kappa shape index (κ3) is 2.59. The molecule has 114 valence electrons. The smallest absolute Gasteiger partial charge is 0.230 e. The molecule has 0 aromatic carbocycles. The third-order valence-corrected chi connectivity index (χ3v) is 5.49. The van der Waals surface area contributed by atoms with Crippen LogP contribution in [0, 0.1) is 11.3 Å². The van der Waals surface area contributed by atoms with Crippen LogP contribution in [0.4, 0.5) is 0 Å². The molecule has 3 aliphatic rings. The van der Waals surface area contributed by atoms with Crippen molar-refractivity contribution in [2.75, 3.05) is 32.8 Å². The van der Waals surface area contributed by atoms with Crippen LogP contribution < -0.4 is 16.4 Å². The summed E-state index contributed by atoms with van der Waals surface area (Å²) >= 11 is 0. The molecule has 2 aliphatic heterocycles. The molecular formula is C15H27N3O2. The fourth-order valence-corrected chi connectivity index (χ4v) is 4.03. The van der Waals surface area contributed by atoms with Crippen LogP contribution in [0.1, 0.15) is 38.5 Å². The molecule has 1 aliphatic carbocycles. The molecule has 1 saturated carbocycles. The third-order valence-electron chi connectivity index (χ3n) is 5.49. The molecule has 2 saturated heterocycles. The molecule has 0 radical (unpaired) electrons. The maximum atomic E-state index is 12.7. The van der Waals surface area contributed by atoms with Crippen molar-refractivity contribution >= 4 is 5.91 Å². The van der Waals surface area contributed by atoms with E-state index in [4.69, 9.17) is 10.5 Å². The lowest BCUT2D eigenvalue weighted by atomic mass is 9.74. The number of hydrogen-bond donors (Lipinski definition) is 3. The Hall–Kier alpha value is -0.650. The van der Waals surface area contributed by atoms with Gasteiger partial charge < -0.3 is 21.1 Å². The summed E-state index contributed by atoms with van der Waals surface area (Å²) in [4.78, 5) is 12.7. The summed E-state index contributed by atoms with van der Waals surface area (Å²) in [5.41, 5.74) is 5.86. The van der Waals surface area contributed by atoms with Crippen molar-refractivity contribution in [3.8, 4) is 0 Å². The Labute approximate surface area is 121 Å². The van der Waals surface area contributed by atoms with Crippen molar-refractivity contribution < 1.29 is 9.53 Å². The molecule has 3 rings (SSSR count). The molecular weight excluding hydrogens is 254 g/mol. The van der Waals surface area contributed by atoms with Crippen LogP contribution in [0.3, 0.4) is 0 Å². The first-order valence-corrected chi connectivity index (χ1v) is 8.00. The number of amides is 1. The van der Waals surface area contributed by atoms with Gasteiger partial charge in [0.2, 0.25) is 5.91 Å². The van der Waals surface area contributed by atoms with Crippen LogP contribution in [-0.2, 0) is 9.53 Å². The molecule has 0 spiro atoms. The van der Waals surface area contributed by atoms with Crippen LogP contribution in [0.25, 0.3) is 0 Å². The van der Waals surface area contributed by atoms with Crippen molar-refractivity contribution in [2.24, 2.45) is 17.1 Å². The lowest BCUT2D eigenvalue weighted by Crippen LogP contribution is -2.57. The zero-order chi connectivity index (χ0) is 14.1. The first-order valence-electron chi connectivity index (χ1n) is 8.00. The molecule has 0 aromatic heterocycles. The Morgan fingerprint density at radius 3 is 2.95 bits per heavy atom. The maximum absolute atomic E-state index is 12.7. The van der Waals surface area contributed by atoms with Crippen LogP contribution in [-0.4, -0.2) is 44.3 Å². The van der Waals surface area contributed by atoms with Gasteiger partial charge in [-0.05, 0) is 31.7 Å². The molecule has 0 unspecified atom stereocenters. The monoisotopic (exact) mass is 281 g/mol. The van der Waals surface area contributed by atoms with Crippen LogP contribution in [0.5, 0.6) is 0 Å². The number of fused-ring (bicyclic) bond motifs is 1. The van der Waals surface area contributed by atoms with Gasteiger partial charge in [-0.1, -0.05) is 19.3 Å². The van der Waals surface area contributed by atoms with E-state index in [0.717, 1.165) is 39.0 Å². The molecule has 2 heterocycles. The largest absolute Gasteiger partial charge is 0.380 e. The SMILES string of the molecule is NC1(CNC(=O)[C@]23CNC[C@H]2CCOC3)CCCCC1. The van der Waals surface area contributed by atoms with Crippen molar-refractivity contribution in [3.63, 3.8) is 0 Å². The highest BCUT2D eigenvalue weighted by atomic mass is 16.5. The predicted octanol–water partition coefficient (Wildman–Crippen LogP) is 0.390. The summed E-state index contributed by atoms with van der Waals surface area (Å²) in [5.74, 6) is 0.555. The van der Waals surface area contributed by atoms with Crippen molar-refractivity contribution in [1.82, 2.24) is 10.6 Å². The first-order chi connectivity index (χ1) is 9.65. The molecule has 1 amide bonds. The quantitative estimate of drug-likeness (QED) is 0.699. The number of nitrogens with two attached hydrogens (primary N) is 1. The Balaban J connectivity index is 1.60. The minimum absolute atomic E-state index is 0.141. The highest BCUT2D eigenvalue weighted by molar-refractivity contribution is 5.84. The van der Waals surface area contributed by atoms with E-state index in [1.165, 1.54) is 19.3 Å². The van der Waals surface area contributed by atoms with E-state index in [2.05, 4.69) is 10.6 Å². The van der Waals surface area contributed by atoms with Gasteiger partial charge in [0.15, 0.2) is 0 Å². The molecule has 3 fully saturated rings. The fraction of sp³-hybridized carbons (Fsp3) is 0.933. The number of ether oxygens (including phenoxy) is 1. The normalized spacial score (nSPS) is 36.4. The van der Waals surface area contributed by atoms with Gasteiger partial charge in [0.1, 0.15) is 0 Å².